The lowest BCUT2D eigenvalue weighted by Gasteiger charge is -1.76. The van der Waals surface area contributed by atoms with Crippen LogP contribution in [0, 0.1) is 0 Å². The van der Waals surface area contributed by atoms with Crippen LogP contribution in [0.1, 0.15) is 0 Å². The van der Waals surface area contributed by atoms with E-state index >= 15 is 0 Å². The highest BCUT2D eigenvalue weighted by Crippen LogP contribution is 2.18. The van der Waals surface area contributed by atoms with E-state index in [1.54, 1.807) is 0 Å². The Kier molecular flexibility index (Phi) is 12.1. The van der Waals surface area contributed by atoms with Crippen LogP contribution in [0.5, 0.6) is 0 Å². The molecule has 0 unspecified atom stereocenters. The normalized spacial score (nSPS) is 8.60. The van der Waals surface area contributed by atoms with Crippen LogP contribution >= 0.6 is 16.9 Å². The topological polar surface area (TPSA) is 96.2 Å². The summed E-state index contributed by atoms with van der Waals surface area (Å²) in [6.45, 7) is 0. The van der Waals surface area contributed by atoms with E-state index in [1.165, 1.54) is 14.2 Å². The molecule has 0 aromatic rings. The van der Waals surface area contributed by atoms with Crippen molar-refractivity contribution in [1.29, 1.82) is 0 Å². The van der Waals surface area contributed by atoms with Gasteiger partial charge < -0.3 is 14.7 Å². The lowest BCUT2D eigenvalue weighted by molar-refractivity contribution is 0.302. The van der Waals surface area contributed by atoms with Gasteiger partial charge in [-0.1, -0.05) is 0 Å². The van der Waals surface area contributed by atoms with Crippen molar-refractivity contribution < 1.29 is 28.3 Å². The van der Waals surface area contributed by atoms with Gasteiger partial charge in [0.15, 0.2) is 0 Å². The molecule has 0 spiro atoms. The molecular formula is C2H9O6P2+. The first kappa shape index (κ1) is 13.0. The second-order valence-electron chi connectivity index (χ2n) is 0.857. The molecule has 0 saturated carbocycles. The molecule has 0 saturated heterocycles. The molecule has 8 heteroatoms. The Morgan fingerprint density at radius 2 is 1.40 bits per heavy atom. The average molecular weight is 191 g/mol. The van der Waals surface area contributed by atoms with Crippen molar-refractivity contribution in [2.45, 2.75) is 0 Å². The first-order valence-electron chi connectivity index (χ1n) is 1.96. The van der Waals surface area contributed by atoms with Crippen LogP contribution in [0.2, 0.25) is 0 Å². The third-order valence-electron chi connectivity index (χ3n) is 0.298. The summed E-state index contributed by atoms with van der Waals surface area (Å²) >= 11 is 0. The predicted octanol–water partition coefficient (Wildman–Crippen LogP) is 0.127. The fourth-order valence-electron chi connectivity index (χ4n) is 0.0745. The Morgan fingerprint density at radius 1 is 1.20 bits per heavy atom. The molecule has 0 atom stereocenters. The van der Waals surface area contributed by atoms with Crippen LogP contribution in [0.25, 0.3) is 0 Å². The lowest BCUT2D eigenvalue weighted by Crippen LogP contribution is -1.66. The minimum absolute atomic E-state index is 1.32. The van der Waals surface area contributed by atoms with Gasteiger partial charge in [-0.2, -0.15) is 0 Å². The van der Waals surface area contributed by atoms with Gasteiger partial charge in [-0.3, -0.25) is 0 Å². The Balaban J connectivity index is 0. The fraction of sp³-hybridized carbons (Fsp3) is 1.00. The summed E-state index contributed by atoms with van der Waals surface area (Å²) < 4.78 is 18.3. The molecule has 62 valence electrons. The van der Waals surface area contributed by atoms with Gasteiger partial charge in [0.25, 0.3) is 0 Å². The van der Waals surface area contributed by atoms with Gasteiger partial charge >= 0.3 is 16.9 Å². The van der Waals surface area contributed by atoms with E-state index in [1.807, 2.05) is 0 Å². The maximum absolute atomic E-state index is 9.88. The summed E-state index contributed by atoms with van der Waals surface area (Å²) in [6, 6.07) is 0. The molecule has 0 bridgehead atoms. The highest BCUT2D eigenvalue weighted by Gasteiger charge is 2.10. The molecule has 0 rings (SSSR count). The summed E-state index contributed by atoms with van der Waals surface area (Å²) in [5, 5.41) is 0. The standard InChI is InChI=1S/C2H6O3P.H3O3P/c1-4-6(3)5-2;1-4(2)3/h1-2H3;1-3H/q+1;. The Morgan fingerprint density at radius 3 is 1.40 bits per heavy atom. The molecule has 0 aromatic heterocycles. The maximum atomic E-state index is 9.88. The quantitative estimate of drug-likeness (QED) is 0.536. The first-order valence-corrected chi connectivity index (χ1v) is 4.26. The predicted molar refractivity (Wildman–Crippen MR) is 35.2 cm³/mol. The zero-order valence-electron chi connectivity index (χ0n) is 5.46. The molecule has 10 heavy (non-hydrogen) atoms. The summed E-state index contributed by atoms with van der Waals surface area (Å²) in [6.07, 6.45) is 0. The third-order valence-corrected chi connectivity index (χ3v) is 0.894. The van der Waals surface area contributed by atoms with E-state index in [-0.39, 0.29) is 0 Å². The summed E-state index contributed by atoms with van der Waals surface area (Å²) in [5.74, 6) is 0. The Bertz CT molecular complexity index is 75.1. The SMILES string of the molecule is CO[P+](=O)OC.OP(O)O. The van der Waals surface area contributed by atoms with Crippen molar-refractivity contribution in [3.05, 3.63) is 0 Å². The van der Waals surface area contributed by atoms with Gasteiger partial charge in [-0.05, 0) is 0 Å². The van der Waals surface area contributed by atoms with E-state index in [4.69, 9.17) is 14.7 Å². The highest BCUT2D eigenvalue weighted by molar-refractivity contribution is 7.38. The second-order valence-corrected chi connectivity index (χ2v) is 2.57. The zero-order chi connectivity index (χ0) is 8.57. The largest absolute Gasteiger partial charge is 0.696 e. The molecule has 0 heterocycles. The van der Waals surface area contributed by atoms with Gasteiger partial charge in [0.2, 0.25) is 0 Å². The molecule has 0 radical (unpaired) electrons. The minimum Gasteiger partial charge on any atom is -0.328 e. The van der Waals surface area contributed by atoms with Gasteiger partial charge in [-0.25, -0.2) is 0 Å². The summed E-state index contributed by atoms with van der Waals surface area (Å²) in [7, 11) is -1.80. The van der Waals surface area contributed by atoms with E-state index < -0.39 is 16.9 Å². The van der Waals surface area contributed by atoms with Crippen molar-refractivity contribution in [1.82, 2.24) is 0 Å². The molecule has 0 fully saturated rings. The first-order chi connectivity index (χ1) is 4.54. The van der Waals surface area contributed by atoms with Gasteiger partial charge in [0.1, 0.15) is 0 Å². The average Bonchev–Trinajstić information content (AvgIpc) is 1.85. The molecular weight excluding hydrogens is 182 g/mol. The van der Waals surface area contributed by atoms with Gasteiger partial charge in [-0.15, -0.1) is 9.05 Å². The van der Waals surface area contributed by atoms with Crippen LogP contribution in [0.15, 0.2) is 0 Å². The maximum Gasteiger partial charge on any atom is 0.696 e. The van der Waals surface area contributed by atoms with Crippen LogP contribution in [-0.2, 0) is 13.6 Å². The third kappa shape index (κ3) is 23.9. The molecule has 0 aliphatic rings. The molecule has 0 amide bonds. The van der Waals surface area contributed by atoms with Crippen molar-refractivity contribution >= 4 is 16.9 Å². The van der Waals surface area contributed by atoms with E-state index in [9.17, 15) is 4.57 Å². The van der Waals surface area contributed by atoms with E-state index in [2.05, 4.69) is 9.05 Å². The van der Waals surface area contributed by atoms with Crippen molar-refractivity contribution in [2.24, 2.45) is 0 Å². The van der Waals surface area contributed by atoms with E-state index in [0.717, 1.165) is 0 Å². The van der Waals surface area contributed by atoms with Gasteiger partial charge in [0.05, 0.1) is 14.2 Å². The Hall–Kier alpha value is 0.330. The van der Waals surface area contributed by atoms with Crippen molar-refractivity contribution in [2.75, 3.05) is 14.2 Å². The van der Waals surface area contributed by atoms with Crippen LogP contribution in [0.3, 0.4) is 0 Å². The minimum atomic E-state index is -2.62. The lowest BCUT2D eigenvalue weighted by atomic mass is 11.8. The van der Waals surface area contributed by atoms with Crippen LogP contribution in [-0.4, -0.2) is 28.9 Å². The van der Waals surface area contributed by atoms with Gasteiger partial charge in [0, 0.05) is 4.57 Å². The zero-order valence-corrected chi connectivity index (χ0v) is 7.25. The molecule has 0 aromatic carbocycles. The molecule has 0 aliphatic carbocycles. The Labute approximate surface area is 60.4 Å². The molecule has 0 aliphatic heterocycles. The fourth-order valence-corrected chi connectivity index (χ4v) is 0.224. The smallest absolute Gasteiger partial charge is 0.328 e. The van der Waals surface area contributed by atoms with Crippen molar-refractivity contribution in [3.8, 4) is 0 Å². The number of rotatable bonds is 2. The molecule has 6 nitrogen and oxygen atoms in total. The molecule has 3 N–H and O–H groups in total. The van der Waals surface area contributed by atoms with Crippen LogP contribution in [0.4, 0.5) is 0 Å². The highest BCUT2D eigenvalue weighted by atomic mass is 31.2. The van der Waals surface area contributed by atoms with Crippen molar-refractivity contribution in [3.63, 3.8) is 0 Å². The van der Waals surface area contributed by atoms with Crippen LogP contribution < -0.4 is 0 Å². The monoisotopic (exact) mass is 191 g/mol. The summed E-state index contributed by atoms with van der Waals surface area (Å²) in [4.78, 5) is 21.7. The summed E-state index contributed by atoms with van der Waals surface area (Å²) in [5.41, 5.74) is 0. The number of hydrogen-bond donors (Lipinski definition) is 3. The van der Waals surface area contributed by atoms with E-state index in [0.29, 0.717) is 0 Å². The number of hydrogen-bond acceptors (Lipinski definition) is 6. The second kappa shape index (κ2) is 9.33.